The molecule has 0 unspecified atom stereocenters. The van der Waals surface area contributed by atoms with Gasteiger partial charge in [-0.2, -0.15) is 0 Å². The molecule has 2 aromatic rings. The molecule has 0 bridgehead atoms. The van der Waals surface area contributed by atoms with E-state index in [2.05, 4.69) is 19.9 Å². The van der Waals surface area contributed by atoms with Crippen molar-refractivity contribution in [3.05, 3.63) is 53.1 Å². The van der Waals surface area contributed by atoms with Crippen molar-refractivity contribution in [2.75, 3.05) is 7.11 Å². The topological polar surface area (TPSA) is 46.5 Å². The van der Waals surface area contributed by atoms with Gasteiger partial charge in [-0.15, -0.1) is 0 Å². The number of ether oxygens (including phenoxy) is 1. The second-order valence-electron chi connectivity index (χ2n) is 5.10. The van der Waals surface area contributed by atoms with Crippen molar-refractivity contribution in [1.82, 2.24) is 0 Å². The molecule has 0 saturated heterocycles. The molecule has 110 valence electrons. The number of hydrogen-bond acceptors (Lipinski definition) is 2. The van der Waals surface area contributed by atoms with Crippen molar-refractivity contribution < 1.29 is 14.6 Å². The van der Waals surface area contributed by atoms with Crippen LogP contribution in [0, 0.1) is 6.92 Å². The molecule has 2 aromatic carbocycles. The number of hydrogen-bond donors (Lipinski definition) is 1. The quantitative estimate of drug-likeness (QED) is 0.889. The van der Waals surface area contributed by atoms with E-state index in [1.54, 1.807) is 25.3 Å². The maximum Gasteiger partial charge on any atom is 0.335 e. The highest BCUT2D eigenvalue weighted by Gasteiger charge is 2.10. The van der Waals surface area contributed by atoms with Gasteiger partial charge in [0.05, 0.1) is 12.7 Å². The predicted molar refractivity (Wildman–Crippen MR) is 84.1 cm³/mol. The lowest BCUT2D eigenvalue weighted by atomic mass is 9.95. The lowest BCUT2D eigenvalue weighted by Gasteiger charge is -2.13. The van der Waals surface area contributed by atoms with Crippen LogP contribution in [0.3, 0.4) is 0 Å². The predicted octanol–water partition coefficient (Wildman–Crippen LogP) is 4.32. The Bertz CT molecular complexity index is 660. The summed E-state index contributed by atoms with van der Waals surface area (Å²) < 4.78 is 5.46. The van der Waals surface area contributed by atoms with E-state index >= 15 is 0 Å². The summed E-state index contributed by atoms with van der Waals surface area (Å²) in [5, 5.41) is 9.12. The largest absolute Gasteiger partial charge is 0.496 e. The van der Waals surface area contributed by atoms with Crippen LogP contribution in [0.1, 0.15) is 34.8 Å². The Kier molecular flexibility index (Phi) is 4.63. The van der Waals surface area contributed by atoms with Crippen LogP contribution in [0.25, 0.3) is 11.1 Å². The minimum Gasteiger partial charge on any atom is -0.496 e. The monoisotopic (exact) mass is 284 g/mol. The summed E-state index contributed by atoms with van der Waals surface area (Å²) >= 11 is 0. The third kappa shape index (κ3) is 3.24. The molecular formula is C18H20O3. The molecule has 0 aliphatic carbocycles. The van der Waals surface area contributed by atoms with Crippen molar-refractivity contribution in [3.8, 4) is 16.9 Å². The summed E-state index contributed by atoms with van der Waals surface area (Å²) in [7, 11) is 1.66. The zero-order chi connectivity index (χ0) is 15.4. The fourth-order valence-electron chi connectivity index (χ4n) is 2.48. The molecule has 0 spiro atoms. The molecular weight excluding hydrogens is 264 g/mol. The Morgan fingerprint density at radius 3 is 2.57 bits per heavy atom. The van der Waals surface area contributed by atoms with Crippen LogP contribution in [0.5, 0.6) is 5.75 Å². The smallest absolute Gasteiger partial charge is 0.335 e. The Morgan fingerprint density at radius 2 is 1.95 bits per heavy atom. The second-order valence-corrected chi connectivity index (χ2v) is 5.10. The first-order chi connectivity index (χ1) is 10.1. The molecule has 0 aliphatic rings. The molecule has 0 radical (unpaired) electrons. The van der Waals surface area contributed by atoms with Crippen LogP contribution in [0.2, 0.25) is 0 Å². The van der Waals surface area contributed by atoms with E-state index in [0.29, 0.717) is 5.56 Å². The zero-order valence-electron chi connectivity index (χ0n) is 12.6. The highest BCUT2D eigenvalue weighted by Crippen LogP contribution is 2.31. The average Bonchev–Trinajstić information content (AvgIpc) is 2.49. The van der Waals surface area contributed by atoms with Gasteiger partial charge in [-0.3, -0.25) is 0 Å². The van der Waals surface area contributed by atoms with Crippen LogP contribution < -0.4 is 4.74 Å². The third-order valence-corrected chi connectivity index (χ3v) is 3.65. The molecule has 0 aromatic heterocycles. The van der Waals surface area contributed by atoms with Gasteiger partial charge in [0.2, 0.25) is 0 Å². The molecule has 3 nitrogen and oxygen atoms in total. The Morgan fingerprint density at radius 1 is 1.19 bits per heavy atom. The van der Waals surface area contributed by atoms with Gasteiger partial charge in [0.25, 0.3) is 0 Å². The molecule has 0 amide bonds. The van der Waals surface area contributed by atoms with Crippen molar-refractivity contribution in [2.24, 2.45) is 0 Å². The molecule has 1 N–H and O–H groups in total. The first-order valence-corrected chi connectivity index (χ1v) is 7.08. The number of carbonyl (C=O) groups is 1. The van der Waals surface area contributed by atoms with Crippen LogP contribution in [0.15, 0.2) is 36.4 Å². The number of rotatable bonds is 5. The van der Waals surface area contributed by atoms with E-state index < -0.39 is 5.97 Å². The number of carboxylic acids is 1. The van der Waals surface area contributed by atoms with Gasteiger partial charge in [0.1, 0.15) is 5.75 Å². The average molecular weight is 284 g/mol. The standard InChI is InChI=1S/C18H20O3/c1-4-6-13-9-16(11-17(21-3)12(13)2)14-7-5-8-15(10-14)18(19)20/h5,7-11H,4,6H2,1-3H3,(H,19,20). The van der Waals surface area contributed by atoms with Gasteiger partial charge in [-0.25, -0.2) is 4.79 Å². The normalized spacial score (nSPS) is 10.4. The number of aromatic carboxylic acids is 1. The number of carboxylic acid groups (broad SMARTS) is 1. The van der Waals surface area contributed by atoms with Crippen molar-refractivity contribution in [3.63, 3.8) is 0 Å². The molecule has 0 atom stereocenters. The van der Waals surface area contributed by atoms with Crippen LogP contribution in [0.4, 0.5) is 0 Å². The molecule has 0 heterocycles. The third-order valence-electron chi connectivity index (χ3n) is 3.65. The summed E-state index contributed by atoms with van der Waals surface area (Å²) in [5.41, 5.74) is 4.57. The number of aryl methyl sites for hydroxylation is 1. The highest BCUT2D eigenvalue weighted by molar-refractivity contribution is 5.89. The number of methoxy groups -OCH3 is 1. The maximum absolute atomic E-state index is 11.1. The fraction of sp³-hybridized carbons (Fsp3) is 0.278. The van der Waals surface area contributed by atoms with E-state index in [0.717, 1.165) is 35.3 Å². The summed E-state index contributed by atoms with van der Waals surface area (Å²) in [4.78, 5) is 11.1. The molecule has 0 saturated carbocycles. The van der Waals surface area contributed by atoms with Crippen LogP contribution >= 0.6 is 0 Å². The SMILES string of the molecule is CCCc1cc(-c2cccc(C(=O)O)c2)cc(OC)c1C. The summed E-state index contributed by atoms with van der Waals surface area (Å²) in [6.45, 7) is 4.20. The van der Waals surface area contributed by atoms with Gasteiger partial charge in [-0.1, -0.05) is 31.5 Å². The lowest BCUT2D eigenvalue weighted by molar-refractivity contribution is 0.0697. The summed E-state index contributed by atoms with van der Waals surface area (Å²) in [5.74, 6) is -0.0682. The zero-order valence-corrected chi connectivity index (χ0v) is 12.6. The van der Waals surface area contributed by atoms with Crippen molar-refractivity contribution in [1.29, 1.82) is 0 Å². The Balaban J connectivity index is 2.55. The van der Waals surface area contributed by atoms with Crippen molar-refractivity contribution >= 4 is 5.97 Å². The summed E-state index contributed by atoms with van der Waals surface area (Å²) in [6.07, 6.45) is 2.04. The fourth-order valence-corrected chi connectivity index (χ4v) is 2.48. The first-order valence-electron chi connectivity index (χ1n) is 7.08. The molecule has 21 heavy (non-hydrogen) atoms. The highest BCUT2D eigenvalue weighted by atomic mass is 16.5. The molecule has 0 fully saturated rings. The Labute approximate surface area is 125 Å². The van der Waals surface area contributed by atoms with Gasteiger partial charge in [0, 0.05) is 0 Å². The van der Waals surface area contributed by atoms with Crippen LogP contribution in [-0.2, 0) is 6.42 Å². The molecule has 2 rings (SSSR count). The van der Waals surface area contributed by atoms with Crippen LogP contribution in [-0.4, -0.2) is 18.2 Å². The minimum absolute atomic E-state index is 0.295. The van der Waals surface area contributed by atoms with Gasteiger partial charge in [-0.05, 0) is 53.8 Å². The lowest BCUT2D eigenvalue weighted by Crippen LogP contribution is -1.98. The Hall–Kier alpha value is -2.29. The van der Waals surface area contributed by atoms with Crippen molar-refractivity contribution in [2.45, 2.75) is 26.7 Å². The minimum atomic E-state index is -0.912. The van der Waals surface area contributed by atoms with E-state index in [-0.39, 0.29) is 0 Å². The second kappa shape index (κ2) is 6.44. The number of benzene rings is 2. The molecule has 0 aliphatic heterocycles. The summed E-state index contributed by atoms with van der Waals surface area (Å²) in [6, 6.07) is 11.1. The van der Waals surface area contributed by atoms with E-state index in [1.807, 2.05) is 12.1 Å². The van der Waals surface area contributed by atoms with E-state index in [1.165, 1.54) is 5.56 Å². The van der Waals surface area contributed by atoms with E-state index in [9.17, 15) is 4.79 Å². The maximum atomic E-state index is 11.1. The van der Waals surface area contributed by atoms with E-state index in [4.69, 9.17) is 9.84 Å². The van der Waals surface area contributed by atoms with Gasteiger partial charge >= 0.3 is 5.97 Å². The van der Waals surface area contributed by atoms with Gasteiger partial charge in [0.15, 0.2) is 0 Å². The van der Waals surface area contributed by atoms with Gasteiger partial charge < -0.3 is 9.84 Å². The molecule has 3 heteroatoms. The first kappa shape index (κ1) is 15.1.